The molecule has 1 aromatic carbocycles. The van der Waals surface area contributed by atoms with Gasteiger partial charge >= 0.3 is 0 Å². The van der Waals surface area contributed by atoms with E-state index in [-0.39, 0.29) is 17.9 Å². The lowest BCUT2D eigenvalue weighted by Crippen LogP contribution is -2.45. The molecule has 0 aliphatic carbocycles. The summed E-state index contributed by atoms with van der Waals surface area (Å²) in [7, 11) is 0. The highest BCUT2D eigenvalue weighted by Gasteiger charge is 2.41. The maximum absolute atomic E-state index is 11.9. The van der Waals surface area contributed by atoms with Gasteiger partial charge in [0.25, 0.3) is 0 Å². The number of nitrogens with one attached hydrogen (secondary N) is 1. The minimum absolute atomic E-state index is 0.121. The second-order valence-electron chi connectivity index (χ2n) is 5.86. The topological polar surface area (TPSA) is 71.2 Å². The van der Waals surface area contributed by atoms with Gasteiger partial charge in [0.2, 0.25) is 5.91 Å². The van der Waals surface area contributed by atoms with Crippen LogP contribution in [-0.2, 0) is 4.79 Å². The van der Waals surface area contributed by atoms with Crippen LogP contribution in [0.5, 0.6) is 0 Å². The van der Waals surface area contributed by atoms with Gasteiger partial charge in [-0.3, -0.25) is 9.78 Å². The molecule has 4 rings (SSSR count). The number of carbonyl (C=O) groups excluding carboxylic acids is 1. The first-order chi connectivity index (χ1) is 10.2. The summed E-state index contributed by atoms with van der Waals surface area (Å²) < 4.78 is 0. The predicted molar refractivity (Wildman–Crippen MR) is 83.0 cm³/mol. The van der Waals surface area contributed by atoms with Crippen molar-refractivity contribution in [3.05, 3.63) is 30.5 Å². The highest BCUT2D eigenvalue weighted by atomic mass is 16.2. The van der Waals surface area contributed by atoms with Crippen LogP contribution in [0.15, 0.2) is 30.5 Å². The molecule has 2 aliphatic rings. The van der Waals surface area contributed by atoms with E-state index in [0.29, 0.717) is 0 Å². The molecule has 3 N–H and O–H groups in total. The lowest BCUT2D eigenvalue weighted by Gasteiger charge is -2.38. The Morgan fingerprint density at radius 3 is 3.14 bits per heavy atom. The fraction of sp³-hybridized carbons (Fsp3) is 0.375. The van der Waals surface area contributed by atoms with Gasteiger partial charge < -0.3 is 16.0 Å². The van der Waals surface area contributed by atoms with Crippen LogP contribution in [0.3, 0.4) is 0 Å². The van der Waals surface area contributed by atoms with Gasteiger partial charge in [0.1, 0.15) is 0 Å². The van der Waals surface area contributed by atoms with Crippen LogP contribution in [0.4, 0.5) is 11.4 Å². The number of amides is 1. The third-order valence-electron chi connectivity index (χ3n) is 4.65. The number of aromatic nitrogens is 1. The van der Waals surface area contributed by atoms with Gasteiger partial charge in [-0.1, -0.05) is 0 Å². The number of nitrogen functional groups attached to an aromatic ring is 1. The van der Waals surface area contributed by atoms with Crippen molar-refractivity contribution in [2.75, 3.05) is 23.7 Å². The third kappa shape index (κ3) is 1.92. The van der Waals surface area contributed by atoms with Crippen LogP contribution >= 0.6 is 0 Å². The first kappa shape index (κ1) is 12.4. The minimum atomic E-state index is 0.121. The second kappa shape index (κ2) is 4.62. The van der Waals surface area contributed by atoms with Gasteiger partial charge in [0, 0.05) is 36.0 Å². The zero-order chi connectivity index (χ0) is 14.4. The molecule has 21 heavy (non-hydrogen) atoms. The Morgan fingerprint density at radius 1 is 1.33 bits per heavy atom. The summed E-state index contributed by atoms with van der Waals surface area (Å²) in [5, 5.41) is 4.11. The van der Waals surface area contributed by atoms with Gasteiger partial charge in [-0.2, -0.15) is 0 Å². The Labute approximate surface area is 123 Å². The number of hydrogen-bond donors (Lipinski definition) is 2. The van der Waals surface area contributed by atoms with E-state index < -0.39 is 0 Å². The summed E-state index contributed by atoms with van der Waals surface area (Å²) in [4.78, 5) is 18.7. The van der Waals surface area contributed by atoms with E-state index in [9.17, 15) is 4.79 Å². The summed E-state index contributed by atoms with van der Waals surface area (Å²) >= 11 is 0. The molecule has 3 heterocycles. The Bertz CT molecular complexity index is 714. The fourth-order valence-corrected chi connectivity index (χ4v) is 3.65. The minimum Gasteiger partial charge on any atom is -0.399 e. The fourth-order valence-electron chi connectivity index (χ4n) is 3.65. The molecule has 0 radical (unpaired) electrons. The number of nitrogens with two attached hydrogens (primary N) is 1. The van der Waals surface area contributed by atoms with E-state index in [1.54, 1.807) is 0 Å². The number of piperidine rings is 1. The number of hydrogen-bond acceptors (Lipinski definition) is 4. The predicted octanol–water partition coefficient (Wildman–Crippen LogP) is 1.53. The molecule has 2 fully saturated rings. The van der Waals surface area contributed by atoms with Gasteiger partial charge in [-0.15, -0.1) is 0 Å². The average Bonchev–Trinajstić information content (AvgIpc) is 2.88. The van der Waals surface area contributed by atoms with Gasteiger partial charge in [0.15, 0.2) is 0 Å². The second-order valence-corrected chi connectivity index (χ2v) is 5.86. The third-order valence-corrected chi connectivity index (χ3v) is 4.65. The van der Waals surface area contributed by atoms with Gasteiger partial charge in [-0.05, 0) is 37.1 Å². The first-order valence-corrected chi connectivity index (χ1v) is 7.42. The molecule has 0 saturated carbocycles. The van der Waals surface area contributed by atoms with Crippen LogP contribution in [0.2, 0.25) is 0 Å². The van der Waals surface area contributed by atoms with Crippen molar-refractivity contribution in [3.8, 4) is 0 Å². The van der Waals surface area contributed by atoms with Crippen LogP contribution in [0, 0.1) is 5.92 Å². The van der Waals surface area contributed by atoms with Gasteiger partial charge in [0.05, 0.1) is 17.5 Å². The molecule has 1 aromatic heterocycles. The van der Waals surface area contributed by atoms with E-state index in [2.05, 4.69) is 15.2 Å². The molecule has 5 heteroatoms. The number of nitrogens with zero attached hydrogens (tertiary/aromatic N) is 2. The lowest BCUT2D eigenvalue weighted by molar-refractivity contribution is -0.122. The number of anilines is 2. The van der Waals surface area contributed by atoms with E-state index in [0.717, 1.165) is 48.2 Å². The number of benzene rings is 1. The number of carbonyl (C=O) groups is 1. The van der Waals surface area contributed by atoms with Crippen molar-refractivity contribution in [2.24, 2.45) is 5.92 Å². The monoisotopic (exact) mass is 282 g/mol. The molecule has 2 aliphatic heterocycles. The normalized spacial score (nSPS) is 25.0. The molecule has 2 saturated heterocycles. The Morgan fingerprint density at radius 2 is 2.24 bits per heavy atom. The van der Waals surface area contributed by atoms with Crippen molar-refractivity contribution in [3.63, 3.8) is 0 Å². The summed E-state index contributed by atoms with van der Waals surface area (Å²) in [5.41, 5.74) is 8.64. The summed E-state index contributed by atoms with van der Waals surface area (Å²) in [6.07, 6.45) is 3.86. The zero-order valence-electron chi connectivity index (χ0n) is 11.7. The highest BCUT2D eigenvalue weighted by molar-refractivity contribution is 5.94. The molecular weight excluding hydrogens is 264 g/mol. The maximum Gasteiger partial charge on any atom is 0.225 e. The number of fused-ring (bicyclic) bond motifs is 2. The SMILES string of the molecule is Nc1ccc2c(N3CCCC4C(=O)NCC43)ccnc2c1. The van der Waals surface area contributed by atoms with E-state index in [4.69, 9.17) is 5.73 Å². The van der Waals surface area contributed by atoms with E-state index in [1.165, 1.54) is 0 Å². The molecule has 0 spiro atoms. The average molecular weight is 282 g/mol. The molecule has 108 valence electrons. The molecular formula is C16H18N4O. The Kier molecular flexibility index (Phi) is 2.74. The molecule has 2 unspecified atom stereocenters. The standard InChI is InChI=1S/C16H18N4O/c17-10-3-4-11-13(8-10)18-6-5-14(11)20-7-1-2-12-15(20)9-19-16(12)21/h3-6,8,12,15H,1-2,7,9,17H2,(H,19,21). The van der Waals surface area contributed by atoms with Crippen molar-refractivity contribution >= 4 is 28.2 Å². The highest BCUT2D eigenvalue weighted by Crippen LogP contribution is 2.35. The van der Waals surface area contributed by atoms with Crippen molar-refractivity contribution < 1.29 is 4.79 Å². The molecule has 2 atom stereocenters. The summed E-state index contributed by atoms with van der Waals surface area (Å²) in [6, 6.07) is 8.14. The smallest absolute Gasteiger partial charge is 0.225 e. The van der Waals surface area contributed by atoms with Crippen LogP contribution in [0.25, 0.3) is 10.9 Å². The number of pyridine rings is 1. The maximum atomic E-state index is 11.9. The van der Waals surface area contributed by atoms with E-state index >= 15 is 0 Å². The molecule has 0 bridgehead atoms. The Hall–Kier alpha value is -2.30. The number of rotatable bonds is 1. The van der Waals surface area contributed by atoms with Crippen molar-refractivity contribution in [1.29, 1.82) is 0 Å². The lowest BCUT2D eigenvalue weighted by atomic mass is 9.90. The van der Waals surface area contributed by atoms with Crippen molar-refractivity contribution in [1.82, 2.24) is 10.3 Å². The summed E-state index contributed by atoms with van der Waals surface area (Å²) in [6.45, 7) is 1.72. The van der Waals surface area contributed by atoms with Crippen molar-refractivity contribution in [2.45, 2.75) is 18.9 Å². The summed E-state index contributed by atoms with van der Waals surface area (Å²) in [5.74, 6) is 0.322. The van der Waals surface area contributed by atoms with Gasteiger partial charge in [-0.25, -0.2) is 0 Å². The first-order valence-electron chi connectivity index (χ1n) is 7.42. The van der Waals surface area contributed by atoms with E-state index in [1.807, 2.05) is 30.5 Å². The Balaban J connectivity index is 1.81. The van der Waals surface area contributed by atoms with Crippen LogP contribution in [0.1, 0.15) is 12.8 Å². The molecule has 1 amide bonds. The quantitative estimate of drug-likeness (QED) is 0.778. The largest absolute Gasteiger partial charge is 0.399 e. The molecule has 5 nitrogen and oxygen atoms in total. The zero-order valence-corrected chi connectivity index (χ0v) is 11.7. The van der Waals surface area contributed by atoms with Crippen LogP contribution < -0.4 is 16.0 Å². The van der Waals surface area contributed by atoms with Crippen LogP contribution in [-0.4, -0.2) is 30.0 Å². The molecule has 2 aromatic rings.